The fourth-order valence-electron chi connectivity index (χ4n) is 1.99. The van der Waals surface area contributed by atoms with Gasteiger partial charge >= 0.3 is 0 Å². The van der Waals surface area contributed by atoms with E-state index in [1.54, 1.807) is 0 Å². The van der Waals surface area contributed by atoms with E-state index in [-0.39, 0.29) is 0 Å². The number of aromatic nitrogens is 1. The van der Waals surface area contributed by atoms with Gasteiger partial charge in [0.15, 0.2) is 0 Å². The van der Waals surface area contributed by atoms with Crippen LogP contribution in [0.4, 0.5) is 0 Å². The smallest absolute Gasteiger partial charge is 0.137 e. The van der Waals surface area contributed by atoms with Crippen LogP contribution in [0.25, 0.3) is 0 Å². The van der Waals surface area contributed by atoms with Crippen LogP contribution in [0.1, 0.15) is 31.2 Å². The van der Waals surface area contributed by atoms with Crippen LogP contribution in [-0.2, 0) is 12.8 Å². The van der Waals surface area contributed by atoms with Gasteiger partial charge in [0.05, 0.1) is 5.69 Å². The number of aryl methyl sites for hydroxylation is 1. The second kappa shape index (κ2) is 4.60. The lowest BCUT2D eigenvalue weighted by Gasteiger charge is -2.21. The van der Waals surface area contributed by atoms with E-state index in [0.717, 1.165) is 43.3 Å². The molecule has 0 radical (unpaired) electrons. The minimum Gasteiger partial charge on any atom is -0.361 e. The lowest BCUT2D eigenvalue weighted by molar-refractivity contribution is 0.317. The second-order valence-corrected chi connectivity index (χ2v) is 4.04. The number of nitrogens with one attached hydrogen (secondary N) is 1. The van der Waals surface area contributed by atoms with Crippen molar-refractivity contribution >= 4 is 0 Å². The minimum absolute atomic E-state index is 0.786. The number of piperidine rings is 1. The molecule has 0 aliphatic carbocycles. The maximum Gasteiger partial charge on any atom is 0.137 e. The molecule has 1 aromatic rings. The van der Waals surface area contributed by atoms with Crippen LogP contribution in [0.3, 0.4) is 0 Å². The zero-order valence-corrected chi connectivity index (χ0v) is 8.75. The maximum absolute atomic E-state index is 5.29. The Bertz CT molecular complexity index is 277. The molecule has 0 amide bonds. The zero-order chi connectivity index (χ0) is 9.80. The maximum atomic E-state index is 5.29. The molecule has 2 heterocycles. The van der Waals surface area contributed by atoms with Crippen molar-refractivity contribution in [3.8, 4) is 0 Å². The molecule has 1 aromatic heterocycles. The van der Waals surface area contributed by atoms with Gasteiger partial charge < -0.3 is 9.84 Å². The molecule has 0 atom stereocenters. The summed E-state index contributed by atoms with van der Waals surface area (Å²) in [5.41, 5.74) is 1.08. The van der Waals surface area contributed by atoms with Crippen molar-refractivity contribution in [2.45, 2.75) is 32.6 Å². The van der Waals surface area contributed by atoms with Crippen LogP contribution in [-0.4, -0.2) is 18.2 Å². The van der Waals surface area contributed by atoms with Gasteiger partial charge in [0.1, 0.15) is 5.76 Å². The van der Waals surface area contributed by atoms with E-state index in [2.05, 4.69) is 23.5 Å². The Balaban J connectivity index is 1.89. The summed E-state index contributed by atoms with van der Waals surface area (Å²) in [5, 5.41) is 7.38. The van der Waals surface area contributed by atoms with Gasteiger partial charge in [0, 0.05) is 12.5 Å². The fourth-order valence-corrected chi connectivity index (χ4v) is 1.99. The van der Waals surface area contributed by atoms with E-state index in [0.29, 0.717) is 0 Å². The lowest BCUT2D eigenvalue weighted by Crippen LogP contribution is -2.28. The predicted molar refractivity (Wildman–Crippen MR) is 55.2 cm³/mol. The zero-order valence-electron chi connectivity index (χ0n) is 8.75. The molecule has 0 spiro atoms. The van der Waals surface area contributed by atoms with E-state index < -0.39 is 0 Å². The molecule has 3 nitrogen and oxygen atoms in total. The average molecular weight is 194 g/mol. The summed E-state index contributed by atoms with van der Waals surface area (Å²) >= 11 is 0. The molecule has 1 N–H and O–H groups in total. The van der Waals surface area contributed by atoms with Gasteiger partial charge in [-0.05, 0) is 38.3 Å². The van der Waals surface area contributed by atoms with E-state index >= 15 is 0 Å². The van der Waals surface area contributed by atoms with E-state index in [1.807, 2.05) is 0 Å². The van der Waals surface area contributed by atoms with E-state index in [4.69, 9.17) is 4.52 Å². The topological polar surface area (TPSA) is 38.1 Å². The van der Waals surface area contributed by atoms with Crippen molar-refractivity contribution in [3.63, 3.8) is 0 Å². The monoisotopic (exact) mass is 194 g/mol. The number of nitrogens with zero attached hydrogens (tertiary/aromatic N) is 1. The van der Waals surface area contributed by atoms with Crippen molar-refractivity contribution in [2.75, 3.05) is 13.1 Å². The molecule has 2 rings (SSSR count). The predicted octanol–water partition coefficient (Wildman–Crippen LogP) is 1.78. The summed E-state index contributed by atoms with van der Waals surface area (Å²) in [6.45, 7) is 4.41. The Labute approximate surface area is 84.9 Å². The van der Waals surface area contributed by atoms with Gasteiger partial charge in [-0.15, -0.1) is 0 Å². The van der Waals surface area contributed by atoms with Gasteiger partial charge in [-0.3, -0.25) is 0 Å². The molecule has 1 aliphatic heterocycles. The summed E-state index contributed by atoms with van der Waals surface area (Å²) in [6, 6.07) is 2.10. The number of hydrogen-bond donors (Lipinski definition) is 1. The van der Waals surface area contributed by atoms with Crippen molar-refractivity contribution in [2.24, 2.45) is 5.92 Å². The Morgan fingerprint density at radius 3 is 2.93 bits per heavy atom. The first-order chi connectivity index (χ1) is 6.88. The summed E-state index contributed by atoms with van der Waals surface area (Å²) in [4.78, 5) is 0. The minimum atomic E-state index is 0.786. The van der Waals surface area contributed by atoms with Crippen LogP contribution in [0.5, 0.6) is 0 Å². The highest BCUT2D eigenvalue weighted by Crippen LogP contribution is 2.18. The first-order valence-corrected chi connectivity index (χ1v) is 5.53. The van der Waals surface area contributed by atoms with Gasteiger partial charge in [-0.25, -0.2) is 0 Å². The number of hydrogen-bond acceptors (Lipinski definition) is 3. The van der Waals surface area contributed by atoms with Gasteiger partial charge in [0.25, 0.3) is 0 Å². The molecule has 0 aromatic carbocycles. The highest BCUT2D eigenvalue weighted by atomic mass is 16.5. The third-order valence-corrected chi connectivity index (χ3v) is 2.92. The molecular weight excluding hydrogens is 176 g/mol. The first-order valence-electron chi connectivity index (χ1n) is 5.53. The quantitative estimate of drug-likeness (QED) is 0.797. The van der Waals surface area contributed by atoms with Gasteiger partial charge in [-0.2, -0.15) is 0 Å². The molecule has 1 saturated heterocycles. The molecule has 14 heavy (non-hydrogen) atoms. The Kier molecular flexibility index (Phi) is 3.19. The second-order valence-electron chi connectivity index (χ2n) is 4.04. The van der Waals surface area contributed by atoms with Crippen molar-refractivity contribution in [1.82, 2.24) is 10.5 Å². The van der Waals surface area contributed by atoms with E-state index in [1.165, 1.54) is 12.8 Å². The molecule has 1 aliphatic rings. The SMILES string of the molecule is CCc1cc(CC2CCNCC2)on1. The van der Waals surface area contributed by atoms with Crippen LogP contribution in [0, 0.1) is 5.92 Å². The fraction of sp³-hybridized carbons (Fsp3) is 0.727. The van der Waals surface area contributed by atoms with Crippen LogP contribution in [0.15, 0.2) is 10.6 Å². The van der Waals surface area contributed by atoms with Gasteiger partial charge in [-0.1, -0.05) is 12.1 Å². The van der Waals surface area contributed by atoms with Gasteiger partial charge in [0.2, 0.25) is 0 Å². The molecule has 1 fully saturated rings. The standard InChI is InChI=1S/C11H18N2O/c1-2-10-8-11(14-13-10)7-9-3-5-12-6-4-9/h8-9,12H,2-7H2,1H3. The van der Waals surface area contributed by atoms with Crippen LogP contribution in [0.2, 0.25) is 0 Å². The van der Waals surface area contributed by atoms with Crippen molar-refractivity contribution < 1.29 is 4.52 Å². The first kappa shape index (κ1) is 9.71. The summed E-state index contributed by atoms with van der Waals surface area (Å²) in [7, 11) is 0. The molecular formula is C11H18N2O. The normalized spacial score (nSPS) is 18.6. The third-order valence-electron chi connectivity index (χ3n) is 2.92. The molecule has 78 valence electrons. The number of rotatable bonds is 3. The summed E-state index contributed by atoms with van der Waals surface area (Å²) in [6.07, 6.45) is 4.56. The molecule has 0 saturated carbocycles. The molecule has 0 bridgehead atoms. The van der Waals surface area contributed by atoms with Crippen molar-refractivity contribution in [3.05, 3.63) is 17.5 Å². The van der Waals surface area contributed by atoms with E-state index in [9.17, 15) is 0 Å². The Morgan fingerprint density at radius 1 is 1.50 bits per heavy atom. The van der Waals surface area contributed by atoms with Crippen LogP contribution < -0.4 is 5.32 Å². The molecule has 0 unspecified atom stereocenters. The third kappa shape index (κ3) is 2.35. The Hall–Kier alpha value is -0.830. The highest BCUT2D eigenvalue weighted by molar-refractivity contribution is 5.05. The average Bonchev–Trinajstić information content (AvgIpc) is 2.67. The molecule has 3 heteroatoms. The summed E-state index contributed by atoms with van der Waals surface area (Å²) in [5.74, 6) is 1.85. The van der Waals surface area contributed by atoms with Crippen molar-refractivity contribution in [1.29, 1.82) is 0 Å². The van der Waals surface area contributed by atoms with Crippen LogP contribution >= 0.6 is 0 Å². The summed E-state index contributed by atoms with van der Waals surface area (Å²) < 4.78 is 5.29. The Morgan fingerprint density at radius 2 is 2.29 bits per heavy atom. The lowest BCUT2D eigenvalue weighted by atomic mass is 9.93. The highest BCUT2D eigenvalue weighted by Gasteiger charge is 2.15. The largest absolute Gasteiger partial charge is 0.361 e.